The minimum Gasteiger partial charge on any atom is -0.462 e. The number of nitrogens with one attached hydrogen (secondary N) is 2. The van der Waals surface area contributed by atoms with Crippen LogP contribution in [-0.2, 0) is 11.3 Å². The van der Waals surface area contributed by atoms with E-state index < -0.39 is 0 Å². The highest BCUT2D eigenvalue weighted by Gasteiger charge is 2.25. The molecule has 2 heterocycles. The van der Waals surface area contributed by atoms with Crippen LogP contribution in [0.5, 0.6) is 0 Å². The number of hydrogen-bond donors (Lipinski definition) is 2. The first-order valence-corrected chi connectivity index (χ1v) is 13.5. The van der Waals surface area contributed by atoms with Crippen molar-refractivity contribution in [2.24, 2.45) is 0 Å². The molecule has 4 aromatic rings. The lowest BCUT2D eigenvalue weighted by Gasteiger charge is -2.13. The fraction of sp³-hybridized carbons (Fsp3) is 0.222. The second-order valence-electron chi connectivity index (χ2n) is 8.25. The van der Waals surface area contributed by atoms with Crippen molar-refractivity contribution >= 4 is 61.3 Å². The van der Waals surface area contributed by atoms with E-state index in [9.17, 15) is 4.79 Å². The zero-order valence-electron chi connectivity index (χ0n) is 20.5. The zero-order valence-corrected chi connectivity index (χ0v) is 23.7. The first kappa shape index (κ1) is 26.1. The molecular formula is C27H27BrN4O2S2. The number of nitrogens with zero attached hydrogens (tertiary/aromatic N) is 2. The van der Waals surface area contributed by atoms with Gasteiger partial charge in [-0.25, -0.2) is 4.79 Å². The monoisotopic (exact) mass is 582 g/mol. The normalized spacial score (nSPS) is 10.8. The number of esters is 1. The molecule has 36 heavy (non-hydrogen) atoms. The van der Waals surface area contributed by atoms with E-state index in [0.29, 0.717) is 28.8 Å². The number of carbonyl (C=O) groups is 1. The van der Waals surface area contributed by atoms with Gasteiger partial charge in [-0.05, 0) is 79.1 Å². The predicted octanol–water partition coefficient (Wildman–Crippen LogP) is 7.33. The van der Waals surface area contributed by atoms with Crippen LogP contribution >= 0.6 is 39.5 Å². The molecular weight excluding hydrogens is 556 g/mol. The highest BCUT2D eigenvalue weighted by atomic mass is 79.9. The molecule has 0 fully saturated rings. The number of hydrogen-bond acceptors (Lipinski definition) is 5. The Labute approximate surface area is 228 Å². The number of halogens is 1. The molecule has 186 valence electrons. The maximum atomic E-state index is 13.0. The standard InChI is InChI=1S/C27H27BrN4O2S2/c1-5-34-26(33)23-22(20-11-7-6-8-12-20)18(4)36-25(23)30-27(35)29-21-13-9-10-19(14-21)15-32-17(3)24(28)16(2)31-32/h6-14H,5,15H2,1-4H3,(H2,29,30,35). The highest BCUT2D eigenvalue weighted by molar-refractivity contribution is 9.10. The van der Waals surface area contributed by atoms with Gasteiger partial charge in [0.25, 0.3) is 0 Å². The van der Waals surface area contributed by atoms with E-state index in [0.717, 1.165) is 43.1 Å². The molecule has 9 heteroatoms. The molecule has 0 radical (unpaired) electrons. The number of thiophene rings is 1. The fourth-order valence-electron chi connectivity index (χ4n) is 4.00. The fourth-order valence-corrected chi connectivity index (χ4v) is 5.64. The number of aryl methyl sites for hydroxylation is 2. The van der Waals surface area contributed by atoms with Gasteiger partial charge in [0.1, 0.15) is 10.6 Å². The number of rotatable bonds is 7. The molecule has 4 rings (SSSR count). The molecule has 0 unspecified atom stereocenters. The molecule has 0 saturated carbocycles. The third-order valence-electron chi connectivity index (χ3n) is 5.66. The topological polar surface area (TPSA) is 68.2 Å². The summed E-state index contributed by atoms with van der Waals surface area (Å²) >= 11 is 10.7. The van der Waals surface area contributed by atoms with Crippen molar-refractivity contribution in [1.82, 2.24) is 9.78 Å². The van der Waals surface area contributed by atoms with Gasteiger partial charge in [-0.3, -0.25) is 4.68 Å². The number of benzene rings is 2. The largest absolute Gasteiger partial charge is 0.462 e. The average molecular weight is 584 g/mol. The SMILES string of the molecule is CCOC(=O)c1c(NC(=S)Nc2cccc(Cn3nc(C)c(Br)c3C)c2)sc(C)c1-c1ccccc1. The molecule has 0 aliphatic heterocycles. The Kier molecular flexibility index (Phi) is 8.23. The summed E-state index contributed by atoms with van der Waals surface area (Å²) in [5.74, 6) is -0.371. The van der Waals surface area contributed by atoms with Crippen molar-refractivity contribution < 1.29 is 9.53 Å². The number of ether oxygens (including phenoxy) is 1. The first-order chi connectivity index (χ1) is 17.3. The molecule has 0 amide bonds. The third kappa shape index (κ3) is 5.69. The Morgan fingerprint density at radius 3 is 2.53 bits per heavy atom. The second-order valence-corrected chi connectivity index (χ2v) is 10.7. The molecule has 0 bridgehead atoms. The van der Waals surface area contributed by atoms with E-state index >= 15 is 0 Å². The molecule has 6 nitrogen and oxygen atoms in total. The summed E-state index contributed by atoms with van der Waals surface area (Å²) in [6, 6.07) is 17.9. The summed E-state index contributed by atoms with van der Waals surface area (Å²) in [5, 5.41) is 12.1. The van der Waals surface area contributed by atoms with Gasteiger partial charge in [0.15, 0.2) is 5.11 Å². The van der Waals surface area contributed by atoms with E-state index in [1.165, 1.54) is 11.3 Å². The highest BCUT2D eigenvalue weighted by Crippen LogP contribution is 2.40. The van der Waals surface area contributed by atoms with Gasteiger partial charge in [0.05, 0.1) is 29.0 Å². The van der Waals surface area contributed by atoms with Gasteiger partial charge < -0.3 is 15.4 Å². The van der Waals surface area contributed by atoms with Gasteiger partial charge in [-0.2, -0.15) is 5.10 Å². The quantitative estimate of drug-likeness (QED) is 0.175. The predicted molar refractivity (Wildman–Crippen MR) is 155 cm³/mol. The molecule has 0 atom stereocenters. The summed E-state index contributed by atoms with van der Waals surface area (Å²) in [5.41, 5.74) is 6.31. The minimum atomic E-state index is -0.371. The summed E-state index contributed by atoms with van der Waals surface area (Å²) in [4.78, 5) is 14.0. The molecule has 0 aliphatic carbocycles. The Morgan fingerprint density at radius 1 is 1.11 bits per heavy atom. The summed E-state index contributed by atoms with van der Waals surface area (Å²) < 4.78 is 8.39. The first-order valence-electron chi connectivity index (χ1n) is 11.5. The van der Waals surface area contributed by atoms with Crippen LogP contribution in [0.4, 0.5) is 10.7 Å². The number of anilines is 2. The van der Waals surface area contributed by atoms with Crippen LogP contribution in [0.25, 0.3) is 11.1 Å². The van der Waals surface area contributed by atoms with E-state index in [1.807, 2.05) is 74.0 Å². The Hall–Kier alpha value is -3.01. The van der Waals surface area contributed by atoms with Crippen LogP contribution in [0.3, 0.4) is 0 Å². The van der Waals surface area contributed by atoms with Crippen molar-refractivity contribution in [3.8, 4) is 11.1 Å². The van der Waals surface area contributed by atoms with Gasteiger partial charge >= 0.3 is 5.97 Å². The number of thiocarbonyl (C=S) groups is 1. The van der Waals surface area contributed by atoms with Crippen LogP contribution < -0.4 is 10.6 Å². The van der Waals surface area contributed by atoms with Gasteiger partial charge in [-0.15, -0.1) is 11.3 Å². The van der Waals surface area contributed by atoms with Crippen molar-refractivity contribution in [3.63, 3.8) is 0 Å². The van der Waals surface area contributed by atoms with Crippen molar-refractivity contribution in [2.75, 3.05) is 17.2 Å². The van der Waals surface area contributed by atoms with E-state index in [-0.39, 0.29) is 5.97 Å². The molecule has 0 saturated heterocycles. The lowest BCUT2D eigenvalue weighted by Crippen LogP contribution is -2.20. The molecule has 2 aromatic heterocycles. The Bertz CT molecular complexity index is 1410. The van der Waals surface area contributed by atoms with E-state index in [4.69, 9.17) is 17.0 Å². The van der Waals surface area contributed by atoms with E-state index in [2.05, 4.69) is 37.7 Å². The summed E-state index contributed by atoms with van der Waals surface area (Å²) in [7, 11) is 0. The third-order valence-corrected chi connectivity index (χ3v) is 8.04. The molecule has 0 aliphatic rings. The van der Waals surface area contributed by atoms with Crippen molar-refractivity contribution in [1.29, 1.82) is 0 Å². The second kappa shape index (κ2) is 11.4. The summed E-state index contributed by atoms with van der Waals surface area (Å²) in [6.45, 7) is 8.76. The van der Waals surface area contributed by atoms with Crippen LogP contribution in [-0.4, -0.2) is 27.5 Å². The number of aromatic nitrogens is 2. The van der Waals surface area contributed by atoms with Gasteiger partial charge in [-0.1, -0.05) is 42.5 Å². The summed E-state index contributed by atoms with van der Waals surface area (Å²) in [6.07, 6.45) is 0. The average Bonchev–Trinajstić information content (AvgIpc) is 3.30. The van der Waals surface area contributed by atoms with Gasteiger partial charge in [0, 0.05) is 16.1 Å². The Morgan fingerprint density at radius 2 is 1.86 bits per heavy atom. The van der Waals surface area contributed by atoms with Crippen LogP contribution in [0, 0.1) is 20.8 Å². The number of carbonyl (C=O) groups excluding carboxylic acids is 1. The molecule has 2 N–H and O–H groups in total. The van der Waals surface area contributed by atoms with Crippen molar-refractivity contribution in [2.45, 2.75) is 34.2 Å². The van der Waals surface area contributed by atoms with Gasteiger partial charge in [0.2, 0.25) is 0 Å². The zero-order chi connectivity index (χ0) is 25.8. The van der Waals surface area contributed by atoms with Crippen molar-refractivity contribution in [3.05, 3.63) is 86.5 Å². The molecule has 0 spiro atoms. The van der Waals surface area contributed by atoms with Crippen LogP contribution in [0.2, 0.25) is 0 Å². The smallest absolute Gasteiger partial charge is 0.341 e. The minimum absolute atomic E-state index is 0.294. The molecule has 2 aromatic carbocycles. The maximum Gasteiger partial charge on any atom is 0.341 e. The lowest BCUT2D eigenvalue weighted by molar-refractivity contribution is 0.0529. The Balaban J connectivity index is 1.55. The lowest BCUT2D eigenvalue weighted by atomic mass is 10.0. The van der Waals surface area contributed by atoms with E-state index in [1.54, 1.807) is 6.92 Å². The van der Waals surface area contributed by atoms with Crippen LogP contribution in [0.1, 0.15) is 39.1 Å². The van der Waals surface area contributed by atoms with Crippen LogP contribution in [0.15, 0.2) is 59.1 Å². The maximum absolute atomic E-state index is 13.0.